The summed E-state index contributed by atoms with van der Waals surface area (Å²) in [5.41, 5.74) is 1.48. The fourth-order valence-corrected chi connectivity index (χ4v) is 2.54. The van der Waals surface area contributed by atoms with Crippen molar-refractivity contribution in [2.75, 3.05) is 4.90 Å². The molecule has 0 saturated heterocycles. The molecule has 0 aromatic carbocycles. The Bertz CT molecular complexity index is 758. The maximum absolute atomic E-state index is 12.4. The number of halogens is 4. The first kappa shape index (κ1) is 14.8. The van der Waals surface area contributed by atoms with E-state index in [-0.39, 0.29) is 23.4 Å². The van der Waals surface area contributed by atoms with Crippen LogP contribution in [0, 0.1) is 6.92 Å². The lowest BCUT2D eigenvalue weighted by molar-refractivity contribution is -0.142. The molecule has 0 radical (unpaired) electrons. The van der Waals surface area contributed by atoms with Crippen LogP contribution in [0.1, 0.15) is 21.7 Å². The highest BCUT2D eigenvalue weighted by atomic mass is 35.5. The molecule has 0 aliphatic carbocycles. The molecule has 2 aromatic rings. The fourth-order valence-electron chi connectivity index (χ4n) is 2.32. The number of fused-ring (bicyclic) bond motifs is 1. The lowest BCUT2D eigenvalue weighted by Crippen LogP contribution is -2.23. The van der Waals surface area contributed by atoms with Gasteiger partial charge in [-0.05, 0) is 18.5 Å². The number of nitrogens with zero attached hydrogens (tertiary/aromatic N) is 5. The number of rotatable bonds is 2. The van der Waals surface area contributed by atoms with E-state index in [0.717, 1.165) is 4.68 Å². The number of carbonyl (C=O) groups is 1. The summed E-state index contributed by atoms with van der Waals surface area (Å²) in [7, 11) is 0. The van der Waals surface area contributed by atoms with Crippen LogP contribution in [0.5, 0.6) is 0 Å². The van der Waals surface area contributed by atoms with Crippen molar-refractivity contribution in [1.82, 2.24) is 19.7 Å². The highest BCUT2D eigenvalue weighted by Crippen LogP contribution is 2.29. The van der Waals surface area contributed by atoms with E-state index in [9.17, 15) is 18.0 Å². The highest BCUT2D eigenvalue weighted by molar-refractivity contribution is 6.28. The van der Waals surface area contributed by atoms with E-state index in [2.05, 4.69) is 15.1 Å². The molecule has 0 bridgehead atoms. The van der Waals surface area contributed by atoms with E-state index in [4.69, 9.17) is 11.6 Å². The van der Waals surface area contributed by atoms with E-state index in [0.29, 0.717) is 17.0 Å². The van der Waals surface area contributed by atoms with Crippen molar-refractivity contribution < 1.29 is 18.0 Å². The SMILES string of the molecule is Cc1nc(Cl)nc2c1C(=O)N(c1cnn(CC(F)(F)F)c1)C2. The van der Waals surface area contributed by atoms with Crippen molar-refractivity contribution in [3.8, 4) is 0 Å². The Balaban J connectivity index is 1.89. The molecule has 3 heterocycles. The summed E-state index contributed by atoms with van der Waals surface area (Å²) >= 11 is 5.75. The highest BCUT2D eigenvalue weighted by Gasteiger charge is 2.34. The quantitative estimate of drug-likeness (QED) is 0.792. The summed E-state index contributed by atoms with van der Waals surface area (Å²) in [5.74, 6) is -0.379. The Morgan fingerprint density at radius 3 is 2.77 bits per heavy atom. The Labute approximate surface area is 127 Å². The second-order valence-electron chi connectivity index (χ2n) is 4.80. The summed E-state index contributed by atoms with van der Waals surface area (Å²) < 4.78 is 37.8. The number of amides is 1. The summed E-state index contributed by atoms with van der Waals surface area (Å²) in [6.07, 6.45) is -2.00. The number of aromatic nitrogens is 4. The van der Waals surface area contributed by atoms with Gasteiger partial charge in [-0.3, -0.25) is 14.4 Å². The van der Waals surface area contributed by atoms with Crippen LogP contribution in [0.3, 0.4) is 0 Å². The predicted molar refractivity (Wildman–Crippen MR) is 70.6 cm³/mol. The molecule has 6 nitrogen and oxygen atoms in total. The second kappa shape index (κ2) is 4.94. The Kier molecular flexibility index (Phi) is 3.32. The zero-order valence-corrected chi connectivity index (χ0v) is 12.0. The van der Waals surface area contributed by atoms with Gasteiger partial charge in [0.05, 0.1) is 35.4 Å². The van der Waals surface area contributed by atoms with E-state index in [1.807, 2.05) is 0 Å². The molecule has 1 aliphatic rings. The van der Waals surface area contributed by atoms with Gasteiger partial charge in [-0.1, -0.05) is 0 Å². The van der Waals surface area contributed by atoms with Gasteiger partial charge in [0.2, 0.25) is 5.28 Å². The smallest absolute Gasteiger partial charge is 0.299 e. The number of aryl methyl sites for hydroxylation is 1. The average molecular weight is 332 g/mol. The normalized spacial score (nSPS) is 14.6. The van der Waals surface area contributed by atoms with E-state index < -0.39 is 12.7 Å². The van der Waals surface area contributed by atoms with Crippen LogP contribution in [0.25, 0.3) is 0 Å². The molecule has 1 amide bonds. The first-order valence-electron chi connectivity index (χ1n) is 6.19. The van der Waals surface area contributed by atoms with Gasteiger partial charge >= 0.3 is 6.18 Å². The molecule has 0 unspecified atom stereocenters. The van der Waals surface area contributed by atoms with Crippen molar-refractivity contribution in [3.63, 3.8) is 0 Å². The molecular formula is C12H9ClF3N5O. The Morgan fingerprint density at radius 2 is 2.09 bits per heavy atom. The molecule has 116 valence electrons. The standard InChI is InChI=1S/C12H9ClF3N5O/c1-6-9-8(19-11(13)18-6)4-21(10(9)22)7-2-17-20(3-7)5-12(14,15)16/h2-3H,4-5H2,1H3. The topological polar surface area (TPSA) is 63.9 Å². The van der Waals surface area contributed by atoms with Gasteiger partial charge < -0.3 is 0 Å². The molecule has 0 spiro atoms. The van der Waals surface area contributed by atoms with E-state index >= 15 is 0 Å². The van der Waals surface area contributed by atoms with E-state index in [1.54, 1.807) is 6.92 Å². The zero-order valence-electron chi connectivity index (χ0n) is 11.2. The van der Waals surface area contributed by atoms with Gasteiger partial charge in [-0.25, -0.2) is 9.97 Å². The molecule has 0 atom stereocenters. The average Bonchev–Trinajstić information content (AvgIpc) is 2.92. The lowest BCUT2D eigenvalue weighted by Gasteiger charge is -2.12. The van der Waals surface area contributed by atoms with Crippen LogP contribution in [0.2, 0.25) is 5.28 Å². The van der Waals surface area contributed by atoms with Crippen LogP contribution < -0.4 is 4.90 Å². The number of anilines is 1. The largest absolute Gasteiger partial charge is 0.408 e. The van der Waals surface area contributed by atoms with Crippen molar-refractivity contribution in [3.05, 3.63) is 34.6 Å². The number of hydrogen-bond acceptors (Lipinski definition) is 4. The molecule has 0 saturated carbocycles. The van der Waals surface area contributed by atoms with Gasteiger partial charge in [0, 0.05) is 6.20 Å². The predicted octanol–water partition coefficient (Wildman–Crippen LogP) is 2.36. The van der Waals surface area contributed by atoms with Gasteiger partial charge in [0.15, 0.2) is 0 Å². The summed E-state index contributed by atoms with van der Waals surface area (Å²) in [6, 6.07) is 0. The van der Waals surface area contributed by atoms with Gasteiger partial charge in [-0.2, -0.15) is 18.3 Å². The van der Waals surface area contributed by atoms with Crippen LogP contribution in [0.4, 0.5) is 18.9 Å². The minimum absolute atomic E-state index is 0.0265. The third-order valence-corrected chi connectivity index (χ3v) is 3.35. The lowest BCUT2D eigenvalue weighted by atomic mass is 10.2. The van der Waals surface area contributed by atoms with Gasteiger partial charge in [0.1, 0.15) is 6.54 Å². The maximum Gasteiger partial charge on any atom is 0.408 e. The molecule has 10 heteroatoms. The third kappa shape index (κ3) is 2.63. The van der Waals surface area contributed by atoms with Crippen molar-refractivity contribution in [2.45, 2.75) is 26.2 Å². The number of alkyl halides is 3. The Hall–Kier alpha value is -2.16. The van der Waals surface area contributed by atoms with Crippen molar-refractivity contribution in [1.29, 1.82) is 0 Å². The maximum atomic E-state index is 12.4. The number of hydrogen-bond donors (Lipinski definition) is 0. The van der Waals surface area contributed by atoms with Crippen LogP contribution in [-0.4, -0.2) is 31.8 Å². The second-order valence-corrected chi connectivity index (χ2v) is 5.14. The monoisotopic (exact) mass is 331 g/mol. The zero-order chi connectivity index (χ0) is 16.1. The van der Waals surface area contributed by atoms with Crippen molar-refractivity contribution >= 4 is 23.2 Å². The minimum atomic E-state index is -4.38. The number of carbonyl (C=O) groups excluding carboxylic acids is 1. The minimum Gasteiger partial charge on any atom is -0.299 e. The first-order valence-corrected chi connectivity index (χ1v) is 6.56. The molecule has 1 aliphatic heterocycles. The molecular weight excluding hydrogens is 323 g/mol. The van der Waals surface area contributed by atoms with Crippen LogP contribution in [-0.2, 0) is 13.1 Å². The van der Waals surface area contributed by atoms with Gasteiger partial charge in [0.25, 0.3) is 5.91 Å². The summed E-state index contributed by atoms with van der Waals surface area (Å²) in [6.45, 7) is 0.530. The van der Waals surface area contributed by atoms with E-state index in [1.165, 1.54) is 17.3 Å². The van der Waals surface area contributed by atoms with Crippen LogP contribution in [0.15, 0.2) is 12.4 Å². The van der Waals surface area contributed by atoms with Crippen molar-refractivity contribution in [2.24, 2.45) is 0 Å². The fraction of sp³-hybridized carbons (Fsp3) is 0.333. The van der Waals surface area contributed by atoms with Gasteiger partial charge in [-0.15, -0.1) is 0 Å². The Morgan fingerprint density at radius 1 is 1.36 bits per heavy atom. The molecule has 22 heavy (non-hydrogen) atoms. The molecule has 0 fully saturated rings. The summed E-state index contributed by atoms with van der Waals surface area (Å²) in [4.78, 5) is 21.6. The molecule has 3 rings (SSSR count). The molecule has 0 N–H and O–H groups in total. The third-order valence-electron chi connectivity index (χ3n) is 3.18. The first-order chi connectivity index (χ1) is 10.2. The summed E-state index contributed by atoms with van der Waals surface area (Å²) in [5, 5.41) is 3.65. The molecule has 2 aromatic heterocycles. The van der Waals surface area contributed by atoms with Crippen LogP contribution >= 0.6 is 11.6 Å².